The smallest absolute Gasteiger partial charge is 0.261 e. The Labute approximate surface area is 203 Å². The van der Waals surface area contributed by atoms with E-state index in [1.54, 1.807) is 29.0 Å². The number of likely N-dealkylation sites (tertiary alicyclic amines) is 1. The molecule has 2 fully saturated rings. The highest BCUT2D eigenvalue weighted by Crippen LogP contribution is 2.34. The van der Waals surface area contributed by atoms with Gasteiger partial charge in [0, 0.05) is 18.1 Å². The van der Waals surface area contributed by atoms with Crippen LogP contribution in [0.25, 0.3) is 0 Å². The number of sulfonamides is 1. The fourth-order valence-electron chi connectivity index (χ4n) is 4.61. The number of fused-ring (bicyclic) bond motifs is 1. The minimum Gasteiger partial charge on any atom is -0.340 e. The van der Waals surface area contributed by atoms with Gasteiger partial charge in [-0.2, -0.15) is 15.6 Å². The second-order valence-corrected chi connectivity index (χ2v) is 12.4. The van der Waals surface area contributed by atoms with Crippen molar-refractivity contribution in [1.82, 2.24) is 19.5 Å². The van der Waals surface area contributed by atoms with Gasteiger partial charge >= 0.3 is 0 Å². The number of ketones is 1. The topological polar surface area (TPSA) is 117 Å². The van der Waals surface area contributed by atoms with E-state index in [0.29, 0.717) is 18.4 Å². The number of rotatable bonds is 6. The van der Waals surface area contributed by atoms with Crippen LogP contribution in [0.2, 0.25) is 0 Å². The molecule has 0 bridgehead atoms. The largest absolute Gasteiger partial charge is 0.340 e. The number of thiophene rings is 1. The van der Waals surface area contributed by atoms with Crippen LogP contribution >= 0.6 is 11.3 Å². The molecule has 2 aliphatic heterocycles. The zero-order valence-corrected chi connectivity index (χ0v) is 20.9. The number of amides is 2. The fourth-order valence-corrected chi connectivity index (χ4v) is 6.80. The average molecular weight is 505 g/mol. The number of Topliss-reactive ketones (excluding diaryl/α,β-unsaturated/α-hetero) is 1. The lowest BCUT2D eigenvalue weighted by Crippen LogP contribution is -2.53. The van der Waals surface area contributed by atoms with Crippen molar-refractivity contribution in [2.75, 3.05) is 13.1 Å². The van der Waals surface area contributed by atoms with Crippen LogP contribution in [-0.2, 0) is 19.6 Å². The van der Waals surface area contributed by atoms with Gasteiger partial charge in [0.15, 0.2) is 10.8 Å². The second-order valence-electron chi connectivity index (χ2n) is 9.82. The first-order valence-electron chi connectivity index (χ1n) is 11.1. The van der Waals surface area contributed by atoms with Gasteiger partial charge in [-0.1, -0.05) is 26.8 Å². The standard InChI is InChI=1S/C23H28N4O5S2/c1-23(2,3)12-16(25-21(29)15-8-11-33-14-15)22(30)26-10-7-17-20(26)18(28)13-27(17)34(31,32)19-6-4-5-9-24-19/h4-6,8-9,11,14,16-17,20H,7,10,12-13H2,1-3H3,(H,25,29). The first kappa shape index (κ1) is 24.5. The first-order valence-corrected chi connectivity index (χ1v) is 13.5. The molecule has 4 rings (SSSR count). The van der Waals surface area contributed by atoms with E-state index in [4.69, 9.17) is 0 Å². The van der Waals surface area contributed by atoms with Crippen molar-refractivity contribution < 1.29 is 22.8 Å². The van der Waals surface area contributed by atoms with E-state index < -0.39 is 28.1 Å². The third-order valence-corrected chi connectivity index (χ3v) is 8.55. The molecule has 0 aliphatic carbocycles. The van der Waals surface area contributed by atoms with Crippen LogP contribution in [-0.4, -0.2) is 71.4 Å². The van der Waals surface area contributed by atoms with Crippen molar-refractivity contribution in [3.63, 3.8) is 0 Å². The van der Waals surface area contributed by atoms with Gasteiger partial charge in [-0.3, -0.25) is 14.4 Å². The fraction of sp³-hybridized carbons (Fsp3) is 0.478. The van der Waals surface area contributed by atoms with Crippen molar-refractivity contribution in [3.8, 4) is 0 Å². The Morgan fingerprint density at radius 2 is 2.03 bits per heavy atom. The molecule has 34 heavy (non-hydrogen) atoms. The van der Waals surface area contributed by atoms with E-state index in [-0.39, 0.29) is 41.1 Å². The molecule has 2 aliphatic rings. The van der Waals surface area contributed by atoms with Crippen LogP contribution in [0.4, 0.5) is 0 Å². The summed E-state index contributed by atoms with van der Waals surface area (Å²) < 4.78 is 27.5. The van der Waals surface area contributed by atoms with Gasteiger partial charge in [0.05, 0.1) is 18.2 Å². The molecular weight excluding hydrogens is 476 g/mol. The summed E-state index contributed by atoms with van der Waals surface area (Å²) in [5.41, 5.74) is 0.204. The van der Waals surface area contributed by atoms with Crippen molar-refractivity contribution in [1.29, 1.82) is 0 Å². The lowest BCUT2D eigenvalue weighted by atomic mass is 9.87. The molecule has 0 saturated carbocycles. The Morgan fingerprint density at radius 1 is 1.26 bits per heavy atom. The van der Waals surface area contributed by atoms with Crippen molar-refractivity contribution in [2.45, 2.75) is 56.8 Å². The molecule has 2 amide bonds. The minimum absolute atomic E-state index is 0.123. The Hall–Kier alpha value is -2.63. The van der Waals surface area contributed by atoms with Gasteiger partial charge in [0.25, 0.3) is 15.9 Å². The number of hydrogen-bond donors (Lipinski definition) is 1. The van der Waals surface area contributed by atoms with Gasteiger partial charge in [0.1, 0.15) is 12.1 Å². The van der Waals surface area contributed by atoms with Gasteiger partial charge in [-0.25, -0.2) is 13.4 Å². The zero-order chi connectivity index (χ0) is 24.7. The number of carbonyl (C=O) groups excluding carboxylic acids is 3. The Kier molecular flexibility index (Phi) is 6.63. The molecule has 2 aromatic heterocycles. The monoisotopic (exact) mass is 504 g/mol. The molecular formula is C23H28N4O5S2. The lowest BCUT2D eigenvalue weighted by molar-refractivity contribution is -0.138. The average Bonchev–Trinajstić information content (AvgIpc) is 3.51. The summed E-state index contributed by atoms with van der Waals surface area (Å²) in [7, 11) is -3.98. The van der Waals surface area contributed by atoms with Gasteiger partial charge in [-0.05, 0) is 41.8 Å². The van der Waals surface area contributed by atoms with Crippen LogP contribution in [0.5, 0.6) is 0 Å². The van der Waals surface area contributed by atoms with Crippen LogP contribution in [0.3, 0.4) is 0 Å². The predicted molar refractivity (Wildman–Crippen MR) is 127 cm³/mol. The van der Waals surface area contributed by atoms with E-state index in [0.717, 1.165) is 4.31 Å². The zero-order valence-electron chi connectivity index (χ0n) is 19.3. The molecule has 182 valence electrons. The molecule has 1 N–H and O–H groups in total. The Morgan fingerprint density at radius 3 is 2.65 bits per heavy atom. The maximum atomic E-state index is 13.6. The predicted octanol–water partition coefficient (Wildman–Crippen LogP) is 1.92. The lowest BCUT2D eigenvalue weighted by Gasteiger charge is -2.31. The molecule has 0 aromatic carbocycles. The molecule has 2 saturated heterocycles. The molecule has 0 radical (unpaired) electrons. The molecule has 0 spiro atoms. The summed E-state index contributed by atoms with van der Waals surface area (Å²) in [6, 6.07) is 3.92. The summed E-state index contributed by atoms with van der Waals surface area (Å²) in [5.74, 6) is -1.04. The van der Waals surface area contributed by atoms with E-state index in [9.17, 15) is 22.8 Å². The van der Waals surface area contributed by atoms with Crippen LogP contribution in [0.15, 0.2) is 46.2 Å². The summed E-state index contributed by atoms with van der Waals surface area (Å²) in [4.78, 5) is 44.7. The van der Waals surface area contributed by atoms with E-state index in [1.807, 2.05) is 20.8 Å². The quantitative estimate of drug-likeness (QED) is 0.643. The number of hydrogen-bond acceptors (Lipinski definition) is 7. The molecule has 4 heterocycles. The van der Waals surface area contributed by atoms with E-state index in [2.05, 4.69) is 10.3 Å². The highest BCUT2D eigenvalue weighted by Gasteiger charge is 2.54. The number of carbonyl (C=O) groups is 3. The third kappa shape index (κ3) is 4.77. The summed E-state index contributed by atoms with van der Waals surface area (Å²) in [5, 5.41) is 6.21. The summed E-state index contributed by atoms with van der Waals surface area (Å²) >= 11 is 1.39. The summed E-state index contributed by atoms with van der Waals surface area (Å²) in [6.07, 6.45) is 2.11. The van der Waals surface area contributed by atoms with Gasteiger partial charge in [-0.15, -0.1) is 0 Å². The Bertz CT molecular complexity index is 1180. The van der Waals surface area contributed by atoms with Crippen LogP contribution in [0.1, 0.15) is 44.0 Å². The van der Waals surface area contributed by atoms with Crippen LogP contribution < -0.4 is 5.32 Å². The SMILES string of the molecule is CC(C)(C)CC(NC(=O)c1ccsc1)C(=O)N1CCC2C1C(=O)CN2S(=O)(=O)c1ccccn1. The molecule has 3 unspecified atom stereocenters. The van der Waals surface area contributed by atoms with E-state index in [1.165, 1.54) is 28.5 Å². The maximum absolute atomic E-state index is 13.6. The number of nitrogens with zero attached hydrogens (tertiary/aromatic N) is 3. The second kappa shape index (κ2) is 9.20. The molecule has 2 aromatic rings. The summed E-state index contributed by atoms with van der Waals surface area (Å²) in [6.45, 7) is 5.85. The third-order valence-electron chi connectivity index (χ3n) is 6.07. The van der Waals surface area contributed by atoms with Gasteiger partial charge in [0.2, 0.25) is 5.91 Å². The maximum Gasteiger partial charge on any atom is 0.261 e. The Balaban J connectivity index is 1.57. The number of aromatic nitrogens is 1. The highest BCUT2D eigenvalue weighted by atomic mass is 32.2. The van der Waals surface area contributed by atoms with E-state index >= 15 is 0 Å². The molecule has 3 atom stereocenters. The van der Waals surface area contributed by atoms with Crippen LogP contribution in [0, 0.1) is 5.41 Å². The van der Waals surface area contributed by atoms with Crippen molar-refractivity contribution >= 4 is 39.0 Å². The highest BCUT2D eigenvalue weighted by molar-refractivity contribution is 7.89. The van der Waals surface area contributed by atoms with Gasteiger partial charge < -0.3 is 10.2 Å². The minimum atomic E-state index is -3.98. The number of pyridine rings is 1. The first-order chi connectivity index (χ1) is 16.0. The number of nitrogens with one attached hydrogen (secondary N) is 1. The normalized spacial score (nSPS) is 22.0. The van der Waals surface area contributed by atoms with Crippen molar-refractivity contribution in [3.05, 3.63) is 46.8 Å². The van der Waals surface area contributed by atoms with Crippen molar-refractivity contribution in [2.24, 2.45) is 5.41 Å². The molecule has 11 heteroatoms. The molecule has 9 nitrogen and oxygen atoms in total.